The van der Waals surface area contributed by atoms with Gasteiger partial charge in [0.2, 0.25) is 0 Å². The van der Waals surface area contributed by atoms with Gasteiger partial charge in [0.25, 0.3) is 0 Å². The quantitative estimate of drug-likeness (QED) is 0.620. The van der Waals surface area contributed by atoms with E-state index < -0.39 is 5.97 Å². The first kappa shape index (κ1) is 22.4. The fourth-order valence-electron chi connectivity index (χ4n) is 3.71. The number of hydrogen-bond donors (Lipinski definition) is 1. The molecule has 4 rings (SSSR count). The maximum Gasteiger partial charge on any atom is 0.415 e. The van der Waals surface area contributed by atoms with E-state index in [1.807, 2.05) is 49.4 Å². The van der Waals surface area contributed by atoms with Gasteiger partial charge in [-0.15, -0.1) is 0 Å². The predicted molar refractivity (Wildman–Crippen MR) is 122 cm³/mol. The summed E-state index contributed by atoms with van der Waals surface area (Å²) in [4.78, 5) is 36.1. The molecule has 1 saturated heterocycles. The van der Waals surface area contributed by atoms with Gasteiger partial charge in [-0.2, -0.15) is 0 Å². The van der Waals surface area contributed by atoms with Crippen LogP contribution in [0.3, 0.4) is 0 Å². The minimum Gasteiger partial charge on any atom is -0.478 e. The SMILES string of the molecule is Cc1cccc(Cc2ccc(OC(=O)N3CCN(Cc4ccc(C(=O)O)cn4)CC3)cc2)n1. The molecule has 1 N–H and O–H groups in total. The summed E-state index contributed by atoms with van der Waals surface area (Å²) in [5.41, 5.74) is 4.07. The Morgan fingerprint density at radius 3 is 2.36 bits per heavy atom. The Labute approximate surface area is 192 Å². The predicted octanol–water partition coefficient (Wildman–Crippen LogP) is 3.39. The van der Waals surface area contributed by atoms with Gasteiger partial charge in [-0.3, -0.25) is 14.9 Å². The Hall–Kier alpha value is -3.78. The fraction of sp³-hybridized carbons (Fsp3) is 0.280. The molecule has 1 aromatic carbocycles. The Morgan fingerprint density at radius 2 is 1.73 bits per heavy atom. The first-order chi connectivity index (χ1) is 16.0. The molecule has 1 amide bonds. The first-order valence-electron chi connectivity index (χ1n) is 10.8. The number of aromatic carboxylic acids is 1. The molecule has 0 aliphatic carbocycles. The second-order valence-corrected chi connectivity index (χ2v) is 8.07. The highest BCUT2D eigenvalue weighted by Gasteiger charge is 2.23. The Morgan fingerprint density at radius 1 is 0.970 bits per heavy atom. The zero-order chi connectivity index (χ0) is 23.2. The maximum absolute atomic E-state index is 12.6. The lowest BCUT2D eigenvalue weighted by Gasteiger charge is -2.33. The number of benzene rings is 1. The van der Waals surface area contributed by atoms with Gasteiger partial charge in [-0.25, -0.2) is 9.59 Å². The summed E-state index contributed by atoms with van der Waals surface area (Å²) in [6.45, 7) is 5.09. The summed E-state index contributed by atoms with van der Waals surface area (Å²) in [5, 5.41) is 8.96. The van der Waals surface area contributed by atoms with Gasteiger partial charge in [-0.1, -0.05) is 18.2 Å². The topological polar surface area (TPSA) is 95.9 Å². The van der Waals surface area contributed by atoms with Crippen LogP contribution < -0.4 is 4.74 Å². The minimum atomic E-state index is -0.987. The number of ether oxygens (including phenoxy) is 1. The average molecular weight is 447 g/mol. The molecule has 0 radical (unpaired) electrons. The van der Waals surface area contributed by atoms with Crippen LogP contribution in [0.25, 0.3) is 0 Å². The lowest BCUT2D eigenvalue weighted by atomic mass is 10.1. The number of aromatic nitrogens is 2. The van der Waals surface area contributed by atoms with Crippen molar-refractivity contribution >= 4 is 12.1 Å². The van der Waals surface area contributed by atoms with Crippen LogP contribution in [0.5, 0.6) is 5.75 Å². The van der Waals surface area contributed by atoms with Crippen molar-refractivity contribution in [1.82, 2.24) is 19.8 Å². The van der Waals surface area contributed by atoms with Gasteiger partial charge in [0.05, 0.1) is 11.3 Å². The molecule has 1 fully saturated rings. The summed E-state index contributed by atoms with van der Waals surface area (Å²) in [7, 11) is 0. The van der Waals surface area contributed by atoms with E-state index in [4.69, 9.17) is 9.84 Å². The molecular formula is C25H26N4O4. The van der Waals surface area contributed by atoms with Gasteiger partial charge in [0.1, 0.15) is 5.75 Å². The molecule has 0 unspecified atom stereocenters. The summed E-state index contributed by atoms with van der Waals surface area (Å²) < 4.78 is 5.55. The number of rotatable bonds is 6. The van der Waals surface area contributed by atoms with Crippen molar-refractivity contribution in [2.75, 3.05) is 26.2 Å². The highest BCUT2D eigenvalue weighted by Crippen LogP contribution is 2.17. The van der Waals surface area contributed by atoms with E-state index in [9.17, 15) is 9.59 Å². The molecule has 3 aromatic rings. The highest BCUT2D eigenvalue weighted by molar-refractivity contribution is 5.87. The molecule has 2 aromatic heterocycles. The molecule has 0 bridgehead atoms. The molecular weight excluding hydrogens is 420 g/mol. The minimum absolute atomic E-state index is 0.172. The molecule has 1 aliphatic rings. The van der Waals surface area contributed by atoms with Crippen molar-refractivity contribution in [3.63, 3.8) is 0 Å². The van der Waals surface area contributed by atoms with Gasteiger partial charge in [0.15, 0.2) is 0 Å². The van der Waals surface area contributed by atoms with E-state index in [1.165, 1.54) is 6.20 Å². The van der Waals surface area contributed by atoms with E-state index in [-0.39, 0.29) is 11.7 Å². The lowest BCUT2D eigenvalue weighted by Crippen LogP contribution is -2.49. The summed E-state index contributed by atoms with van der Waals surface area (Å²) in [6.07, 6.45) is 1.74. The molecule has 0 atom stereocenters. The van der Waals surface area contributed by atoms with Gasteiger partial charge in [0, 0.05) is 56.7 Å². The van der Waals surface area contributed by atoms with Crippen LogP contribution in [0.15, 0.2) is 60.8 Å². The number of carbonyl (C=O) groups excluding carboxylic acids is 1. The zero-order valence-electron chi connectivity index (χ0n) is 18.5. The van der Waals surface area contributed by atoms with Crippen molar-refractivity contribution in [1.29, 1.82) is 0 Å². The largest absolute Gasteiger partial charge is 0.478 e. The fourth-order valence-corrected chi connectivity index (χ4v) is 3.71. The Kier molecular flexibility index (Phi) is 6.95. The van der Waals surface area contributed by atoms with Crippen LogP contribution in [0.2, 0.25) is 0 Å². The number of carboxylic acids is 1. The highest BCUT2D eigenvalue weighted by atomic mass is 16.6. The number of hydrogen-bond acceptors (Lipinski definition) is 6. The normalized spacial score (nSPS) is 14.2. The van der Waals surface area contributed by atoms with Crippen molar-refractivity contribution in [3.05, 3.63) is 89.0 Å². The molecule has 8 nitrogen and oxygen atoms in total. The number of aryl methyl sites for hydroxylation is 1. The second-order valence-electron chi connectivity index (χ2n) is 8.07. The van der Waals surface area contributed by atoms with Crippen molar-refractivity contribution in [2.24, 2.45) is 0 Å². The Balaban J connectivity index is 1.24. The molecule has 170 valence electrons. The van der Waals surface area contributed by atoms with E-state index in [0.29, 0.717) is 38.5 Å². The molecule has 0 spiro atoms. The molecule has 8 heteroatoms. The van der Waals surface area contributed by atoms with E-state index in [0.717, 1.165) is 29.1 Å². The number of carboxylic acid groups (broad SMARTS) is 1. The standard InChI is InChI=1S/C25H26N4O4/c1-18-3-2-4-21(27-18)15-19-5-9-23(10-6-19)33-25(32)29-13-11-28(12-14-29)17-22-8-7-20(16-26-22)24(30)31/h2-10,16H,11-15,17H2,1H3,(H,30,31). The van der Waals surface area contributed by atoms with Crippen LogP contribution in [0.4, 0.5) is 4.79 Å². The number of nitrogens with zero attached hydrogens (tertiary/aromatic N) is 4. The number of carbonyl (C=O) groups is 2. The first-order valence-corrected chi connectivity index (χ1v) is 10.8. The van der Waals surface area contributed by atoms with Crippen LogP contribution in [0, 0.1) is 6.92 Å². The zero-order valence-corrected chi connectivity index (χ0v) is 18.5. The third-order valence-electron chi connectivity index (χ3n) is 5.55. The van der Waals surface area contributed by atoms with Crippen molar-refractivity contribution in [2.45, 2.75) is 19.9 Å². The van der Waals surface area contributed by atoms with E-state index in [2.05, 4.69) is 14.9 Å². The molecule has 0 saturated carbocycles. The van der Waals surface area contributed by atoms with Crippen LogP contribution in [0.1, 0.15) is 33.0 Å². The van der Waals surface area contributed by atoms with E-state index >= 15 is 0 Å². The van der Waals surface area contributed by atoms with Crippen LogP contribution >= 0.6 is 0 Å². The lowest BCUT2D eigenvalue weighted by molar-refractivity contribution is 0.0696. The molecule has 3 heterocycles. The number of amides is 1. The van der Waals surface area contributed by atoms with Crippen molar-refractivity contribution < 1.29 is 19.4 Å². The van der Waals surface area contributed by atoms with Crippen molar-refractivity contribution in [3.8, 4) is 5.75 Å². The number of pyridine rings is 2. The third kappa shape index (κ3) is 6.14. The molecule has 1 aliphatic heterocycles. The van der Waals surface area contributed by atoms with Gasteiger partial charge >= 0.3 is 12.1 Å². The van der Waals surface area contributed by atoms with Gasteiger partial charge < -0.3 is 14.7 Å². The molecule has 33 heavy (non-hydrogen) atoms. The van der Waals surface area contributed by atoms with Gasteiger partial charge in [-0.05, 0) is 48.9 Å². The summed E-state index contributed by atoms with van der Waals surface area (Å²) >= 11 is 0. The summed E-state index contributed by atoms with van der Waals surface area (Å²) in [6, 6.07) is 16.8. The Bertz CT molecular complexity index is 1110. The number of piperazine rings is 1. The van der Waals surface area contributed by atoms with Crippen LogP contribution in [-0.2, 0) is 13.0 Å². The average Bonchev–Trinajstić information content (AvgIpc) is 2.81. The van der Waals surface area contributed by atoms with E-state index in [1.54, 1.807) is 17.0 Å². The third-order valence-corrected chi connectivity index (χ3v) is 5.55. The monoisotopic (exact) mass is 446 g/mol. The van der Waals surface area contributed by atoms with Crippen LogP contribution in [-0.4, -0.2) is 63.1 Å². The summed E-state index contributed by atoms with van der Waals surface area (Å²) in [5.74, 6) is -0.467. The second kappa shape index (κ2) is 10.2. The smallest absolute Gasteiger partial charge is 0.415 e. The maximum atomic E-state index is 12.6.